The van der Waals surface area contributed by atoms with Gasteiger partial charge >= 0.3 is 0 Å². The van der Waals surface area contributed by atoms with Crippen LogP contribution in [0, 0.1) is 0 Å². The topological polar surface area (TPSA) is 6.48 Å². The van der Waals surface area contributed by atoms with Gasteiger partial charge in [-0.25, -0.2) is 0 Å². The number of nitrogens with zero attached hydrogens (tertiary/aromatic N) is 2. The van der Waals surface area contributed by atoms with Crippen LogP contribution in [0.3, 0.4) is 0 Å². The summed E-state index contributed by atoms with van der Waals surface area (Å²) in [5, 5.41) is 4.88. The molecule has 2 atom stereocenters. The molecule has 2 heteroatoms. The first-order valence-corrected chi connectivity index (χ1v) is 21.6. The highest BCUT2D eigenvalue weighted by atomic mass is 15.1. The van der Waals surface area contributed by atoms with Crippen molar-refractivity contribution in [1.29, 1.82) is 0 Å². The highest BCUT2D eigenvalue weighted by molar-refractivity contribution is 6.22. The van der Waals surface area contributed by atoms with Gasteiger partial charge in [0.25, 0.3) is 0 Å². The summed E-state index contributed by atoms with van der Waals surface area (Å²) < 4.78 is 0. The second kappa shape index (κ2) is 17.1. The first-order chi connectivity index (χ1) is 29.5. The lowest BCUT2D eigenvalue weighted by Gasteiger charge is -2.29. The zero-order chi connectivity index (χ0) is 41.0. The highest BCUT2D eigenvalue weighted by Gasteiger charge is 2.22. The minimum Gasteiger partial charge on any atom is -0.310 e. The van der Waals surface area contributed by atoms with Gasteiger partial charge in [-0.05, 0) is 152 Å². The van der Waals surface area contributed by atoms with E-state index in [-0.39, 0.29) is 0 Å². The van der Waals surface area contributed by atoms with Gasteiger partial charge < -0.3 is 9.80 Å². The van der Waals surface area contributed by atoms with E-state index in [1.165, 1.54) is 54.9 Å². The van der Waals surface area contributed by atoms with E-state index in [0.29, 0.717) is 11.8 Å². The zero-order valence-electron chi connectivity index (χ0n) is 35.1. The summed E-state index contributed by atoms with van der Waals surface area (Å²) in [4.78, 5) is 4.83. The van der Waals surface area contributed by atoms with Gasteiger partial charge in [-0.2, -0.15) is 0 Å². The highest BCUT2D eigenvalue weighted by Crippen LogP contribution is 2.48. The van der Waals surface area contributed by atoms with Gasteiger partial charge in [0.2, 0.25) is 0 Å². The average molecular weight is 777 g/mol. The zero-order valence-corrected chi connectivity index (χ0v) is 35.1. The molecule has 0 saturated carbocycles. The van der Waals surface area contributed by atoms with E-state index in [9.17, 15) is 0 Å². The Morgan fingerprint density at radius 3 is 1.02 bits per heavy atom. The van der Waals surface area contributed by atoms with Crippen LogP contribution in [0.25, 0.3) is 43.8 Å². The Kier molecular flexibility index (Phi) is 11.0. The van der Waals surface area contributed by atoms with Crippen molar-refractivity contribution < 1.29 is 0 Å². The molecule has 9 aromatic carbocycles. The first-order valence-electron chi connectivity index (χ1n) is 21.6. The average Bonchev–Trinajstić information content (AvgIpc) is 3.32. The lowest BCUT2D eigenvalue weighted by atomic mass is 9.85. The van der Waals surface area contributed by atoms with Crippen LogP contribution >= 0.6 is 0 Å². The van der Waals surface area contributed by atoms with E-state index in [2.05, 4.69) is 244 Å². The number of fused-ring (bicyclic) bond motifs is 2. The molecule has 0 fully saturated rings. The molecule has 294 valence electrons. The monoisotopic (exact) mass is 776 g/mol. The van der Waals surface area contributed by atoms with Gasteiger partial charge in [0, 0.05) is 34.1 Å². The molecule has 0 bridgehead atoms. The van der Waals surface area contributed by atoms with Crippen molar-refractivity contribution in [3.05, 3.63) is 217 Å². The predicted molar refractivity (Wildman–Crippen MR) is 259 cm³/mol. The Hall–Kier alpha value is -6.90. The van der Waals surface area contributed by atoms with E-state index in [0.717, 1.165) is 47.0 Å². The summed E-state index contributed by atoms with van der Waals surface area (Å²) in [6.07, 6.45) is 2.19. The number of rotatable bonds is 12. The van der Waals surface area contributed by atoms with E-state index < -0.39 is 0 Å². The fourth-order valence-corrected chi connectivity index (χ4v) is 8.77. The summed E-state index contributed by atoms with van der Waals surface area (Å²) in [5.74, 6) is 0.936. The van der Waals surface area contributed by atoms with Crippen LogP contribution in [0.4, 0.5) is 34.1 Å². The Labute approximate surface area is 356 Å². The molecule has 0 aliphatic rings. The quantitative estimate of drug-likeness (QED) is 0.114. The minimum atomic E-state index is 0.468. The van der Waals surface area contributed by atoms with Crippen LogP contribution in [0.1, 0.15) is 63.5 Å². The van der Waals surface area contributed by atoms with Gasteiger partial charge in [0.1, 0.15) is 0 Å². The van der Waals surface area contributed by atoms with Crippen molar-refractivity contribution in [2.45, 2.75) is 52.4 Å². The number of benzene rings is 9. The van der Waals surface area contributed by atoms with Crippen LogP contribution in [0.2, 0.25) is 0 Å². The smallest absolute Gasteiger partial charge is 0.0468 e. The summed E-state index contributed by atoms with van der Waals surface area (Å²) >= 11 is 0. The molecule has 0 aliphatic carbocycles. The fourth-order valence-electron chi connectivity index (χ4n) is 8.77. The van der Waals surface area contributed by atoms with Crippen LogP contribution in [-0.4, -0.2) is 0 Å². The summed E-state index contributed by atoms with van der Waals surface area (Å²) in [5.41, 5.74) is 14.4. The Bertz CT molecular complexity index is 2670. The van der Waals surface area contributed by atoms with Crippen molar-refractivity contribution >= 4 is 55.7 Å². The minimum absolute atomic E-state index is 0.468. The summed E-state index contributed by atoms with van der Waals surface area (Å²) in [6, 6.07) is 75.9. The normalized spacial score (nSPS) is 12.3. The first kappa shape index (κ1) is 38.6. The third-order valence-corrected chi connectivity index (χ3v) is 12.4. The predicted octanol–water partition coefficient (Wildman–Crippen LogP) is 17.3. The van der Waals surface area contributed by atoms with Gasteiger partial charge in [-0.1, -0.05) is 161 Å². The molecule has 0 N–H and O–H groups in total. The molecule has 0 amide bonds. The maximum absolute atomic E-state index is 2.43. The van der Waals surface area contributed by atoms with Crippen molar-refractivity contribution in [3.63, 3.8) is 0 Å². The SMILES string of the molecule is CCC(C)c1cccc(N(c2ccccc2)c2ccc3c(-c4ccccc4)c4cc(N(c5ccccc5)c5cccc(C(C)CC)c5)ccc4c(-c4ccccc4)c3c2)c1. The molecule has 0 saturated heterocycles. The Morgan fingerprint density at radius 2 is 0.650 bits per heavy atom. The molecule has 0 spiro atoms. The maximum atomic E-state index is 2.43. The third-order valence-electron chi connectivity index (χ3n) is 12.4. The molecule has 0 aromatic heterocycles. The van der Waals surface area contributed by atoms with Gasteiger partial charge in [-0.3, -0.25) is 0 Å². The van der Waals surface area contributed by atoms with E-state index in [1.807, 2.05) is 0 Å². The molecular formula is C58H52N2. The van der Waals surface area contributed by atoms with E-state index in [1.54, 1.807) is 0 Å². The fraction of sp³-hybridized carbons (Fsp3) is 0.138. The molecule has 60 heavy (non-hydrogen) atoms. The van der Waals surface area contributed by atoms with Crippen molar-refractivity contribution in [1.82, 2.24) is 0 Å². The van der Waals surface area contributed by atoms with Crippen molar-refractivity contribution in [3.8, 4) is 22.3 Å². The van der Waals surface area contributed by atoms with Crippen LogP contribution < -0.4 is 9.80 Å². The number of anilines is 6. The van der Waals surface area contributed by atoms with Crippen molar-refractivity contribution in [2.24, 2.45) is 0 Å². The number of hydrogen-bond donors (Lipinski definition) is 0. The molecule has 0 aliphatic heterocycles. The van der Waals surface area contributed by atoms with E-state index >= 15 is 0 Å². The maximum Gasteiger partial charge on any atom is 0.0468 e. The van der Waals surface area contributed by atoms with Gasteiger partial charge in [0.15, 0.2) is 0 Å². The van der Waals surface area contributed by atoms with Gasteiger partial charge in [0.05, 0.1) is 0 Å². The number of hydrogen-bond acceptors (Lipinski definition) is 2. The molecule has 9 rings (SSSR count). The molecule has 2 nitrogen and oxygen atoms in total. The molecule has 0 radical (unpaired) electrons. The summed E-state index contributed by atoms with van der Waals surface area (Å²) in [7, 11) is 0. The molecular weight excluding hydrogens is 725 g/mol. The third kappa shape index (κ3) is 7.46. The van der Waals surface area contributed by atoms with Gasteiger partial charge in [-0.15, -0.1) is 0 Å². The largest absolute Gasteiger partial charge is 0.310 e. The second-order valence-electron chi connectivity index (χ2n) is 16.1. The standard InChI is InChI=1S/C58H52N2/c1-5-41(3)45-25-19-31-49(37-45)59(47-27-15-9-16-28-47)51-33-35-53-55(39-51)57(43-21-11-7-12-22-43)54-36-34-52(40-56(54)58(53)44-23-13-8-14-24-44)60(48-29-17-10-18-30-48)50-32-20-26-46(38-50)42(4)6-2/h7-42H,5-6H2,1-4H3. The molecule has 9 aromatic rings. The van der Waals surface area contributed by atoms with Crippen LogP contribution in [-0.2, 0) is 0 Å². The second-order valence-corrected chi connectivity index (χ2v) is 16.1. The Morgan fingerprint density at radius 1 is 0.317 bits per heavy atom. The van der Waals surface area contributed by atoms with Crippen molar-refractivity contribution in [2.75, 3.05) is 9.80 Å². The summed E-state index contributed by atoms with van der Waals surface area (Å²) in [6.45, 7) is 9.17. The molecule has 2 unspecified atom stereocenters. The van der Waals surface area contributed by atoms with E-state index in [4.69, 9.17) is 0 Å². The molecule has 0 heterocycles. The van der Waals surface area contributed by atoms with Crippen LogP contribution in [0.5, 0.6) is 0 Å². The van der Waals surface area contributed by atoms with Crippen LogP contribution in [0.15, 0.2) is 206 Å². The lowest BCUT2D eigenvalue weighted by molar-refractivity contribution is 0.733. The Balaban J connectivity index is 1.34. The number of para-hydroxylation sites is 2. The lowest BCUT2D eigenvalue weighted by Crippen LogP contribution is -2.11.